The standard InChI is InChI=1S/C14H20O2/c1-5-7-14(15)16-12(4)13-9-6-8-10(2)11(13)3/h6,8-9,12H,5,7H2,1-4H3/t12-/m1/s1. The number of ether oxygens (including phenoxy) is 1. The SMILES string of the molecule is CCCC(=O)O[C@H](C)c1cccc(C)c1C. The molecule has 0 unspecified atom stereocenters. The topological polar surface area (TPSA) is 26.3 Å². The van der Waals surface area contributed by atoms with Crippen LogP contribution >= 0.6 is 0 Å². The van der Waals surface area contributed by atoms with Gasteiger partial charge in [-0.2, -0.15) is 0 Å². The van der Waals surface area contributed by atoms with E-state index in [1.54, 1.807) is 0 Å². The summed E-state index contributed by atoms with van der Waals surface area (Å²) in [6.07, 6.45) is 1.17. The van der Waals surface area contributed by atoms with Crippen LogP contribution in [0.15, 0.2) is 18.2 Å². The van der Waals surface area contributed by atoms with Crippen molar-refractivity contribution in [2.45, 2.75) is 46.6 Å². The van der Waals surface area contributed by atoms with Crippen LogP contribution in [-0.4, -0.2) is 5.97 Å². The van der Waals surface area contributed by atoms with Crippen LogP contribution in [0.2, 0.25) is 0 Å². The molecule has 16 heavy (non-hydrogen) atoms. The van der Waals surface area contributed by atoms with Crippen LogP contribution in [0.1, 0.15) is 49.5 Å². The molecule has 0 saturated heterocycles. The van der Waals surface area contributed by atoms with Gasteiger partial charge in [-0.25, -0.2) is 0 Å². The van der Waals surface area contributed by atoms with Gasteiger partial charge < -0.3 is 4.74 Å². The van der Waals surface area contributed by atoms with Crippen molar-refractivity contribution in [1.29, 1.82) is 0 Å². The highest BCUT2D eigenvalue weighted by Crippen LogP contribution is 2.23. The average Bonchev–Trinajstić information content (AvgIpc) is 2.22. The summed E-state index contributed by atoms with van der Waals surface area (Å²) in [6.45, 7) is 8.04. The molecule has 1 atom stereocenters. The molecule has 0 amide bonds. The van der Waals surface area contributed by atoms with Crippen molar-refractivity contribution in [3.05, 3.63) is 34.9 Å². The molecule has 0 bridgehead atoms. The van der Waals surface area contributed by atoms with Crippen LogP contribution in [0.5, 0.6) is 0 Å². The Morgan fingerprint density at radius 2 is 2.06 bits per heavy atom. The molecule has 2 heteroatoms. The van der Waals surface area contributed by atoms with Crippen molar-refractivity contribution in [3.63, 3.8) is 0 Å². The summed E-state index contributed by atoms with van der Waals surface area (Å²) in [5.74, 6) is -0.115. The second-order valence-corrected chi connectivity index (χ2v) is 4.17. The van der Waals surface area contributed by atoms with Gasteiger partial charge >= 0.3 is 5.97 Å². The van der Waals surface area contributed by atoms with Gasteiger partial charge in [0.1, 0.15) is 6.10 Å². The first kappa shape index (κ1) is 12.8. The molecule has 1 aromatic carbocycles. The first-order valence-electron chi connectivity index (χ1n) is 5.81. The van der Waals surface area contributed by atoms with Crippen molar-refractivity contribution >= 4 is 5.97 Å². The molecule has 1 rings (SSSR count). The zero-order chi connectivity index (χ0) is 12.1. The molecule has 0 fully saturated rings. The van der Waals surface area contributed by atoms with E-state index in [9.17, 15) is 4.79 Å². The van der Waals surface area contributed by atoms with Crippen LogP contribution in [0, 0.1) is 13.8 Å². The van der Waals surface area contributed by atoms with Gasteiger partial charge in [-0.1, -0.05) is 25.1 Å². The van der Waals surface area contributed by atoms with E-state index in [0.717, 1.165) is 12.0 Å². The summed E-state index contributed by atoms with van der Waals surface area (Å²) in [6, 6.07) is 6.09. The van der Waals surface area contributed by atoms with Crippen LogP contribution in [0.4, 0.5) is 0 Å². The maximum absolute atomic E-state index is 11.4. The number of hydrogen-bond acceptors (Lipinski definition) is 2. The molecule has 0 heterocycles. The molecule has 0 saturated carbocycles. The largest absolute Gasteiger partial charge is 0.458 e. The lowest BCUT2D eigenvalue weighted by Crippen LogP contribution is -2.09. The summed E-state index contributed by atoms with van der Waals surface area (Å²) in [5, 5.41) is 0. The lowest BCUT2D eigenvalue weighted by Gasteiger charge is -2.16. The Morgan fingerprint density at radius 3 is 2.69 bits per heavy atom. The summed E-state index contributed by atoms with van der Waals surface area (Å²) in [5.41, 5.74) is 3.54. The fourth-order valence-electron chi connectivity index (χ4n) is 1.74. The van der Waals surface area contributed by atoms with Crippen molar-refractivity contribution in [2.75, 3.05) is 0 Å². The van der Waals surface area contributed by atoms with Crippen molar-refractivity contribution < 1.29 is 9.53 Å². The maximum atomic E-state index is 11.4. The number of hydrogen-bond donors (Lipinski definition) is 0. The second-order valence-electron chi connectivity index (χ2n) is 4.17. The Kier molecular flexibility index (Phi) is 4.53. The number of benzene rings is 1. The first-order valence-corrected chi connectivity index (χ1v) is 5.81. The molecule has 0 spiro atoms. The smallest absolute Gasteiger partial charge is 0.306 e. The van der Waals surface area contributed by atoms with E-state index in [2.05, 4.69) is 19.9 Å². The fraction of sp³-hybridized carbons (Fsp3) is 0.500. The van der Waals surface area contributed by atoms with Crippen molar-refractivity contribution in [3.8, 4) is 0 Å². The Labute approximate surface area is 97.6 Å². The molecule has 0 aliphatic heterocycles. The minimum atomic E-state index is -0.154. The number of carbonyl (C=O) groups excluding carboxylic acids is 1. The number of rotatable bonds is 4. The van der Waals surface area contributed by atoms with Gasteiger partial charge in [0.2, 0.25) is 0 Å². The molecule has 0 radical (unpaired) electrons. The van der Waals surface area contributed by atoms with E-state index in [-0.39, 0.29) is 12.1 Å². The minimum Gasteiger partial charge on any atom is -0.458 e. The van der Waals surface area contributed by atoms with Crippen LogP contribution in [-0.2, 0) is 9.53 Å². The van der Waals surface area contributed by atoms with E-state index in [1.807, 2.05) is 26.0 Å². The monoisotopic (exact) mass is 220 g/mol. The molecule has 1 aromatic rings. The average molecular weight is 220 g/mol. The lowest BCUT2D eigenvalue weighted by molar-refractivity contribution is -0.148. The number of esters is 1. The third kappa shape index (κ3) is 3.09. The number of carbonyl (C=O) groups is 1. The van der Waals surface area contributed by atoms with Crippen LogP contribution in [0.25, 0.3) is 0 Å². The Balaban J connectivity index is 2.76. The summed E-state index contributed by atoms with van der Waals surface area (Å²) >= 11 is 0. The van der Waals surface area contributed by atoms with Crippen LogP contribution < -0.4 is 0 Å². The van der Waals surface area contributed by atoms with Gasteiger partial charge in [0, 0.05) is 6.42 Å². The molecular weight excluding hydrogens is 200 g/mol. The fourth-order valence-corrected chi connectivity index (χ4v) is 1.74. The van der Waals surface area contributed by atoms with E-state index in [1.165, 1.54) is 11.1 Å². The molecule has 0 aliphatic rings. The third-order valence-corrected chi connectivity index (χ3v) is 2.85. The molecule has 0 aromatic heterocycles. The molecule has 88 valence electrons. The first-order chi connectivity index (χ1) is 7.56. The normalized spacial score (nSPS) is 12.2. The molecule has 0 aliphatic carbocycles. The van der Waals surface area contributed by atoms with E-state index < -0.39 is 0 Å². The predicted molar refractivity (Wildman–Crippen MR) is 65.3 cm³/mol. The summed E-state index contributed by atoms with van der Waals surface area (Å²) < 4.78 is 5.37. The molecule has 0 N–H and O–H groups in total. The van der Waals surface area contributed by atoms with Gasteiger partial charge in [0.05, 0.1) is 0 Å². The Hall–Kier alpha value is -1.31. The highest BCUT2D eigenvalue weighted by atomic mass is 16.5. The Morgan fingerprint density at radius 1 is 1.38 bits per heavy atom. The molecular formula is C14H20O2. The third-order valence-electron chi connectivity index (χ3n) is 2.85. The van der Waals surface area contributed by atoms with Gasteiger partial charge in [-0.15, -0.1) is 0 Å². The van der Waals surface area contributed by atoms with Gasteiger partial charge in [-0.05, 0) is 43.9 Å². The maximum Gasteiger partial charge on any atom is 0.306 e. The highest BCUT2D eigenvalue weighted by Gasteiger charge is 2.13. The van der Waals surface area contributed by atoms with Crippen molar-refractivity contribution in [2.24, 2.45) is 0 Å². The summed E-state index contributed by atoms with van der Waals surface area (Å²) in [4.78, 5) is 11.4. The number of aryl methyl sites for hydroxylation is 1. The molecule has 2 nitrogen and oxygen atoms in total. The second kappa shape index (κ2) is 5.69. The van der Waals surface area contributed by atoms with Crippen molar-refractivity contribution in [1.82, 2.24) is 0 Å². The van der Waals surface area contributed by atoms with E-state index >= 15 is 0 Å². The lowest BCUT2D eigenvalue weighted by atomic mass is 10.00. The quantitative estimate of drug-likeness (QED) is 0.723. The van der Waals surface area contributed by atoms with Crippen LogP contribution in [0.3, 0.4) is 0 Å². The zero-order valence-electron chi connectivity index (χ0n) is 10.5. The Bertz CT molecular complexity index is 369. The van der Waals surface area contributed by atoms with Gasteiger partial charge in [0.15, 0.2) is 0 Å². The minimum absolute atomic E-state index is 0.115. The van der Waals surface area contributed by atoms with Gasteiger partial charge in [-0.3, -0.25) is 4.79 Å². The zero-order valence-corrected chi connectivity index (χ0v) is 10.5. The predicted octanol–water partition coefficient (Wildman–Crippen LogP) is 3.71. The highest BCUT2D eigenvalue weighted by molar-refractivity contribution is 5.69. The van der Waals surface area contributed by atoms with E-state index in [0.29, 0.717) is 6.42 Å². The van der Waals surface area contributed by atoms with Gasteiger partial charge in [0.25, 0.3) is 0 Å². The summed E-state index contributed by atoms with van der Waals surface area (Å²) in [7, 11) is 0. The van der Waals surface area contributed by atoms with E-state index in [4.69, 9.17) is 4.74 Å².